The number of fused-ring (bicyclic) bond motifs is 2. The van der Waals surface area contributed by atoms with E-state index in [1.807, 2.05) is 6.07 Å². The number of nitriles is 1. The summed E-state index contributed by atoms with van der Waals surface area (Å²) in [4.78, 5) is 13.7. The number of halogens is 4. The van der Waals surface area contributed by atoms with Crippen LogP contribution in [-0.4, -0.2) is 77.7 Å². The molecule has 0 amide bonds. The number of alkyl halides is 1. The van der Waals surface area contributed by atoms with Crippen LogP contribution in [0.2, 0.25) is 5.02 Å². The summed E-state index contributed by atoms with van der Waals surface area (Å²) in [6.07, 6.45) is 2.74. The van der Waals surface area contributed by atoms with E-state index in [1.54, 1.807) is 0 Å². The van der Waals surface area contributed by atoms with E-state index in [0.717, 1.165) is 43.6 Å². The minimum Gasteiger partial charge on any atom is -0.489 e. The van der Waals surface area contributed by atoms with Crippen molar-refractivity contribution in [3.8, 4) is 29.0 Å². The maximum absolute atomic E-state index is 17.2. The Kier molecular flexibility index (Phi) is 7.60. The molecule has 0 spiro atoms. The van der Waals surface area contributed by atoms with Gasteiger partial charge >= 0.3 is 6.01 Å². The van der Waals surface area contributed by atoms with Gasteiger partial charge in [0.1, 0.15) is 47.6 Å². The van der Waals surface area contributed by atoms with Gasteiger partial charge in [0.25, 0.3) is 0 Å². The smallest absolute Gasteiger partial charge is 0.319 e. The molecule has 0 saturated carbocycles. The van der Waals surface area contributed by atoms with Gasteiger partial charge in [-0.05, 0) is 57.7 Å². The Morgan fingerprint density at radius 2 is 2.04 bits per heavy atom. The standard InChI is InChI=1S/C34H34ClF3N6O3S/c1-33(2)8-6-18(15-47-33)44-10-11-45-28-24-27(41-32(42-31(24)44)46-16-34-7-3-9-43(34)14-17(36)12-34)26(38)23(25(28)35)19-4-5-21(37)29-22(19)20(13-39)30(40)48-29/h4-5,17-18H,3,6-12,14-16,40H2,1-2H3/t17-,18?,34+/m1/s1. The molecule has 3 saturated heterocycles. The number of hydrogen-bond acceptors (Lipinski definition) is 10. The molecular formula is C34H34ClF3N6O3S. The Labute approximate surface area is 284 Å². The second-order valence-electron chi connectivity index (χ2n) is 13.8. The summed E-state index contributed by atoms with van der Waals surface area (Å²) in [6, 6.07) is 4.49. The molecule has 2 N–H and O–H groups in total. The third-order valence-corrected chi connectivity index (χ3v) is 11.8. The Hall–Kier alpha value is -3.57. The van der Waals surface area contributed by atoms with Crippen LogP contribution in [0.5, 0.6) is 11.8 Å². The van der Waals surface area contributed by atoms with Crippen LogP contribution in [-0.2, 0) is 4.74 Å². The van der Waals surface area contributed by atoms with Gasteiger partial charge in [-0.1, -0.05) is 17.7 Å². The fourth-order valence-electron chi connectivity index (χ4n) is 7.98. The second-order valence-corrected chi connectivity index (χ2v) is 15.2. The summed E-state index contributed by atoms with van der Waals surface area (Å²) in [5.74, 6) is -0.804. The number of nitrogens with two attached hydrogens (primary N) is 1. The maximum atomic E-state index is 17.2. The van der Waals surface area contributed by atoms with Crippen molar-refractivity contribution in [2.45, 2.75) is 69.3 Å². The fourth-order valence-corrected chi connectivity index (χ4v) is 9.26. The van der Waals surface area contributed by atoms with Gasteiger partial charge in [0, 0.05) is 23.9 Å². The Bertz CT molecular complexity index is 2010. The van der Waals surface area contributed by atoms with E-state index >= 15 is 4.39 Å². The molecular weight excluding hydrogens is 665 g/mol. The van der Waals surface area contributed by atoms with Crippen molar-refractivity contribution in [2.75, 3.05) is 50.1 Å². The highest BCUT2D eigenvalue weighted by Gasteiger charge is 2.49. The first-order chi connectivity index (χ1) is 23.0. The predicted molar refractivity (Wildman–Crippen MR) is 179 cm³/mol. The van der Waals surface area contributed by atoms with Crippen LogP contribution in [0.25, 0.3) is 32.1 Å². The minimum atomic E-state index is -0.944. The van der Waals surface area contributed by atoms with E-state index in [0.29, 0.717) is 31.9 Å². The lowest BCUT2D eigenvalue weighted by Gasteiger charge is -2.40. The average Bonchev–Trinajstić information content (AvgIpc) is 3.65. The molecule has 252 valence electrons. The SMILES string of the molecule is CC1(C)CCC(N2CCOc3c(Cl)c(-c4ccc(F)c5sc(N)c(C#N)c45)c(F)c4nc(OC[C@@]56CCCN5C[C@H](F)C6)nc2c34)CO1. The number of anilines is 2. The van der Waals surface area contributed by atoms with Gasteiger partial charge in [-0.15, -0.1) is 11.3 Å². The minimum absolute atomic E-state index is 0.0359. The number of benzene rings is 2. The number of aromatic nitrogens is 2. The summed E-state index contributed by atoms with van der Waals surface area (Å²) in [7, 11) is 0. The van der Waals surface area contributed by atoms with Crippen LogP contribution in [0, 0.1) is 23.0 Å². The van der Waals surface area contributed by atoms with Crippen LogP contribution in [0.4, 0.5) is 24.0 Å². The normalized spacial score (nSPS) is 25.2. The van der Waals surface area contributed by atoms with Crippen LogP contribution < -0.4 is 20.1 Å². The molecule has 3 fully saturated rings. The largest absolute Gasteiger partial charge is 0.489 e. The zero-order chi connectivity index (χ0) is 33.5. The Morgan fingerprint density at radius 1 is 1.21 bits per heavy atom. The van der Waals surface area contributed by atoms with E-state index in [-0.39, 0.29) is 84.3 Å². The zero-order valence-electron chi connectivity index (χ0n) is 26.5. The number of thiophene rings is 1. The highest BCUT2D eigenvalue weighted by molar-refractivity contribution is 7.23. The summed E-state index contributed by atoms with van der Waals surface area (Å²) >= 11 is 7.95. The number of nitrogen functional groups attached to an aromatic ring is 1. The predicted octanol–water partition coefficient (Wildman–Crippen LogP) is 7.01. The lowest BCUT2D eigenvalue weighted by Crippen LogP contribution is -2.47. The van der Waals surface area contributed by atoms with Crippen molar-refractivity contribution in [2.24, 2.45) is 0 Å². The molecule has 6 heterocycles. The third-order valence-electron chi connectivity index (χ3n) is 10.4. The summed E-state index contributed by atoms with van der Waals surface area (Å²) < 4.78 is 65.6. The highest BCUT2D eigenvalue weighted by atomic mass is 35.5. The molecule has 48 heavy (non-hydrogen) atoms. The molecule has 9 nitrogen and oxygen atoms in total. The fraction of sp³-hybridized carbons (Fsp3) is 0.500. The van der Waals surface area contributed by atoms with Crippen LogP contribution in [0.3, 0.4) is 0 Å². The first kappa shape index (κ1) is 31.7. The molecule has 14 heteroatoms. The highest BCUT2D eigenvalue weighted by Crippen LogP contribution is 2.51. The number of rotatable bonds is 5. The summed E-state index contributed by atoms with van der Waals surface area (Å²) in [5, 5.41) is 10.4. The van der Waals surface area contributed by atoms with E-state index in [2.05, 4.69) is 28.6 Å². The monoisotopic (exact) mass is 698 g/mol. The van der Waals surface area contributed by atoms with Crippen molar-refractivity contribution in [1.82, 2.24) is 14.9 Å². The van der Waals surface area contributed by atoms with Crippen LogP contribution >= 0.6 is 22.9 Å². The molecule has 2 aromatic carbocycles. The van der Waals surface area contributed by atoms with Crippen molar-refractivity contribution in [3.05, 3.63) is 34.4 Å². The number of nitrogens with zero attached hydrogens (tertiary/aromatic N) is 5. The lowest BCUT2D eigenvalue weighted by atomic mass is 9.94. The molecule has 0 bridgehead atoms. The molecule has 0 aliphatic carbocycles. The van der Waals surface area contributed by atoms with Gasteiger partial charge < -0.3 is 24.8 Å². The first-order valence-electron chi connectivity index (χ1n) is 16.2. The van der Waals surface area contributed by atoms with Gasteiger partial charge in [0.2, 0.25) is 0 Å². The lowest BCUT2D eigenvalue weighted by molar-refractivity contribution is -0.0608. The van der Waals surface area contributed by atoms with Crippen molar-refractivity contribution in [1.29, 1.82) is 5.26 Å². The zero-order valence-corrected chi connectivity index (χ0v) is 28.1. The van der Waals surface area contributed by atoms with E-state index in [4.69, 9.17) is 36.5 Å². The molecule has 8 rings (SSSR count). The molecule has 3 atom stereocenters. The van der Waals surface area contributed by atoms with Gasteiger partial charge in [-0.2, -0.15) is 15.2 Å². The van der Waals surface area contributed by atoms with Gasteiger partial charge in [-0.25, -0.2) is 13.2 Å². The molecule has 2 aromatic heterocycles. The van der Waals surface area contributed by atoms with Crippen molar-refractivity contribution in [3.63, 3.8) is 0 Å². The second kappa shape index (κ2) is 11.5. The third kappa shape index (κ3) is 4.94. The van der Waals surface area contributed by atoms with Crippen molar-refractivity contribution < 1.29 is 27.4 Å². The Balaban J connectivity index is 1.32. The summed E-state index contributed by atoms with van der Waals surface area (Å²) in [5.41, 5.74) is 5.39. The molecule has 1 unspecified atom stereocenters. The molecule has 0 radical (unpaired) electrons. The van der Waals surface area contributed by atoms with Crippen LogP contribution in [0.15, 0.2) is 12.1 Å². The molecule has 4 aliphatic rings. The average molecular weight is 699 g/mol. The van der Waals surface area contributed by atoms with Crippen molar-refractivity contribution >= 4 is 54.7 Å². The van der Waals surface area contributed by atoms with Crippen LogP contribution in [0.1, 0.15) is 51.5 Å². The van der Waals surface area contributed by atoms with Gasteiger partial charge in [0.05, 0.1) is 51.0 Å². The number of hydrogen-bond donors (Lipinski definition) is 1. The Morgan fingerprint density at radius 3 is 2.81 bits per heavy atom. The maximum Gasteiger partial charge on any atom is 0.319 e. The van der Waals surface area contributed by atoms with E-state index < -0.39 is 23.3 Å². The molecule has 4 aromatic rings. The van der Waals surface area contributed by atoms with E-state index in [1.165, 1.54) is 12.1 Å². The topological polar surface area (TPSA) is 110 Å². The van der Waals surface area contributed by atoms with Gasteiger partial charge in [0.15, 0.2) is 11.6 Å². The van der Waals surface area contributed by atoms with E-state index in [9.17, 15) is 14.0 Å². The quantitative estimate of drug-likeness (QED) is 0.235. The van der Waals surface area contributed by atoms with Gasteiger partial charge in [-0.3, -0.25) is 4.90 Å². The first-order valence-corrected chi connectivity index (χ1v) is 17.4. The number of ether oxygens (including phenoxy) is 3. The summed E-state index contributed by atoms with van der Waals surface area (Å²) in [6.45, 7) is 6.45. The molecule has 4 aliphatic heterocycles.